The average molecular weight is 795 g/mol. The zero-order valence-electron chi connectivity index (χ0n) is 33.6. The first-order chi connectivity index (χ1) is 30.3. The number of rotatable bonds is 8. The number of hydrogen-bond donors (Lipinski definition) is 0. The van der Waals surface area contributed by atoms with Gasteiger partial charge in [-0.25, -0.2) is 0 Å². The molecule has 0 spiro atoms. The van der Waals surface area contributed by atoms with Crippen LogP contribution in [0.4, 0.5) is 34.1 Å². The first kappa shape index (κ1) is 36.4. The normalized spacial score (nSPS) is 12.7. The highest BCUT2D eigenvalue weighted by atomic mass is 28.3. The van der Waals surface area contributed by atoms with Crippen LogP contribution in [0.25, 0.3) is 33.0 Å². The van der Waals surface area contributed by atoms with Crippen molar-refractivity contribution in [3.63, 3.8) is 0 Å². The van der Waals surface area contributed by atoms with Crippen LogP contribution >= 0.6 is 0 Å². The van der Waals surface area contributed by atoms with Crippen LogP contribution in [0.3, 0.4) is 0 Å². The number of nitrogens with zero attached hydrogens (tertiary/aromatic N) is 2. The minimum absolute atomic E-state index is 1.10. The maximum Gasteiger partial charge on any atom is 0.184 e. The fourth-order valence-electron chi connectivity index (χ4n) is 9.51. The predicted molar refractivity (Wildman–Crippen MR) is 261 cm³/mol. The Labute approximate surface area is 358 Å². The maximum atomic E-state index is 2.49. The van der Waals surface area contributed by atoms with Crippen molar-refractivity contribution in [3.05, 3.63) is 255 Å². The van der Waals surface area contributed by atoms with Crippen LogP contribution in [-0.4, -0.2) is 8.07 Å². The minimum atomic E-state index is -2.68. The van der Waals surface area contributed by atoms with Gasteiger partial charge >= 0.3 is 0 Å². The Hall–Kier alpha value is -7.72. The van der Waals surface area contributed by atoms with Crippen LogP contribution in [0.15, 0.2) is 255 Å². The van der Waals surface area contributed by atoms with Gasteiger partial charge < -0.3 is 9.80 Å². The largest absolute Gasteiger partial charge is 0.311 e. The van der Waals surface area contributed by atoms with E-state index in [0.29, 0.717) is 0 Å². The zero-order chi connectivity index (χ0) is 40.6. The fraction of sp³-hybridized carbons (Fsp3) is 0. The Morgan fingerprint density at radius 3 is 1.33 bits per heavy atom. The molecule has 0 amide bonds. The molecule has 11 rings (SSSR count). The van der Waals surface area contributed by atoms with E-state index in [2.05, 4.69) is 265 Å². The lowest BCUT2D eigenvalue weighted by Crippen LogP contribution is -2.77. The molecule has 0 saturated heterocycles. The fourth-order valence-corrected chi connectivity index (χ4v) is 14.6. The molecule has 0 atom stereocenters. The molecule has 0 N–H and O–H groups in total. The van der Waals surface area contributed by atoms with Crippen LogP contribution in [0.5, 0.6) is 0 Å². The molecule has 0 radical (unpaired) electrons. The molecular weight excluding hydrogens is 753 g/mol. The number of hydrogen-bond acceptors (Lipinski definition) is 2. The van der Waals surface area contributed by atoms with Crippen molar-refractivity contribution in [2.45, 2.75) is 0 Å². The van der Waals surface area contributed by atoms with Crippen molar-refractivity contribution in [2.24, 2.45) is 0 Å². The van der Waals surface area contributed by atoms with E-state index in [4.69, 9.17) is 0 Å². The molecule has 0 aromatic heterocycles. The zero-order valence-corrected chi connectivity index (χ0v) is 34.6. The van der Waals surface area contributed by atoms with E-state index in [9.17, 15) is 0 Å². The summed E-state index contributed by atoms with van der Waals surface area (Å²) in [6.07, 6.45) is 0. The molecule has 61 heavy (non-hydrogen) atoms. The van der Waals surface area contributed by atoms with Gasteiger partial charge in [0.05, 0.1) is 0 Å². The number of anilines is 6. The second kappa shape index (κ2) is 15.5. The van der Waals surface area contributed by atoms with Crippen molar-refractivity contribution in [1.82, 2.24) is 0 Å². The SMILES string of the molecule is c1ccc(-c2ccc(N(c3ccc(-c4cccc(N5c6ccccc6[Si](c6ccccc6)(c6ccccc6)c6ccccc65)c4)cc3)c3ccc4ccccc4c3)cc2)cc1. The third-order valence-electron chi connectivity index (χ3n) is 12.3. The third-order valence-corrected chi connectivity index (χ3v) is 17.2. The van der Waals surface area contributed by atoms with Gasteiger partial charge in [0.15, 0.2) is 8.07 Å². The summed E-state index contributed by atoms with van der Waals surface area (Å²) in [5.74, 6) is 0. The van der Waals surface area contributed by atoms with Crippen molar-refractivity contribution >= 4 is 73.7 Å². The lowest BCUT2D eigenvalue weighted by atomic mass is 10.0. The Bertz CT molecular complexity index is 3040. The molecule has 10 aromatic carbocycles. The molecule has 1 heterocycles. The summed E-state index contributed by atoms with van der Waals surface area (Å²) in [5, 5.41) is 8.01. The first-order valence-electron chi connectivity index (χ1n) is 21.0. The van der Waals surface area contributed by atoms with Gasteiger partial charge in [0.1, 0.15) is 0 Å². The van der Waals surface area contributed by atoms with Gasteiger partial charge in [0, 0.05) is 34.1 Å². The van der Waals surface area contributed by atoms with E-state index < -0.39 is 8.07 Å². The summed E-state index contributed by atoms with van der Waals surface area (Å²) in [6.45, 7) is 0. The molecule has 1 aliphatic heterocycles. The smallest absolute Gasteiger partial charge is 0.184 e. The second-order valence-electron chi connectivity index (χ2n) is 15.7. The van der Waals surface area contributed by atoms with Crippen molar-refractivity contribution in [3.8, 4) is 22.3 Å². The first-order valence-corrected chi connectivity index (χ1v) is 23.0. The van der Waals surface area contributed by atoms with E-state index in [1.165, 1.54) is 65.1 Å². The lowest BCUT2D eigenvalue weighted by Gasteiger charge is -2.45. The van der Waals surface area contributed by atoms with Crippen molar-refractivity contribution in [1.29, 1.82) is 0 Å². The van der Waals surface area contributed by atoms with Gasteiger partial charge in [-0.3, -0.25) is 0 Å². The summed E-state index contributed by atoms with van der Waals surface area (Å²) < 4.78 is 0. The minimum Gasteiger partial charge on any atom is -0.311 e. The molecule has 10 aromatic rings. The van der Waals surface area contributed by atoms with E-state index in [0.717, 1.165) is 22.7 Å². The number of benzene rings is 10. The summed E-state index contributed by atoms with van der Waals surface area (Å²) in [6, 6.07) is 93.5. The molecule has 0 bridgehead atoms. The van der Waals surface area contributed by atoms with Gasteiger partial charge in [-0.15, -0.1) is 0 Å². The molecular formula is C58H42N2Si. The van der Waals surface area contributed by atoms with E-state index >= 15 is 0 Å². The molecule has 288 valence electrons. The van der Waals surface area contributed by atoms with Crippen LogP contribution in [0.1, 0.15) is 0 Å². The third kappa shape index (κ3) is 6.35. The van der Waals surface area contributed by atoms with Crippen LogP contribution in [0.2, 0.25) is 0 Å². The molecule has 1 aliphatic rings. The van der Waals surface area contributed by atoms with Gasteiger partial charge in [-0.05, 0) is 114 Å². The molecule has 2 nitrogen and oxygen atoms in total. The molecule has 0 fully saturated rings. The van der Waals surface area contributed by atoms with Crippen LogP contribution in [-0.2, 0) is 0 Å². The van der Waals surface area contributed by atoms with Crippen molar-refractivity contribution in [2.75, 3.05) is 9.80 Å². The van der Waals surface area contributed by atoms with Gasteiger partial charge in [0.25, 0.3) is 0 Å². The summed E-state index contributed by atoms with van der Waals surface area (Å²) >= 11 is 0. The maximum absolute atomic E-state index is 2.68. The second-order valence-corrected chi connectivity index (χ2v) is 19.5. The Balaban J connectivity index is 0.998. The summed E-state index contributed by atoms with van der Waals surface area (Å²) in [7, 11) is -2.68. The Kier molecular flexibility index (Phi) is 9.22. The standard InChI is InChI=1S/C58H42N2Si/c1-4-17-43(18-5-1)45-31-36-49(37-32-45)59(52-40-35-44-19-10-11-20-47(44)42-52)50-38-33-46(34-39-50)48-21-16-22-51(41-48)60-55-27-12-14-29-57(55)61(53-23-6-2-7-24-53,54-25-8-3-9-26-54)58-30-15-13-28-56(58)60/h1-42H. The predicted octanol–water partition coefficient (Wildman–Crippen LogP) is 12.8. The topological polar surface area (TPSA) is 6.48 Å². The molecule has 0 unspecified atom stereocenters. The Morgan fingerprint density at radius 2 is 0.738 bits per heavy atom. The quantitative estimate of drug-likeness (QED) is 0.141. The monoisotopic (exact) mass is 794 g/mol. The van der Waals surface area contributed by atoms with E-state index in [1.54, 1.807) is 0 Å². The van der Waals surface area contributed by atoms with Gasteiger partial charge in [0.2, 0.25) is 0 Å². The van der Waals surface area contributed by atoms with Crippen LogP contribution in [0, 0.1) is 0 Å². The molecule has 3 heteroatoms. The van der Waals surface area contributed by atoms with Gasteiger partial charge in [-0.1, -0.05) is 194 Å². The van der Waals surface area contributed by atoms with E-state index in [-0.39, 0.29) is 0 Å². The molecule has 0 aliphatic carbocycles. The highest BCUT2D eigenvalue weighted by molar-refractivity contribution is 7.21. The van der Waals surface area contributed by atoms with E-state index in [1.807, 2.05) is 0 Å². The Morgan fingerprint density at radius 1 is 0.295 bits per heavy atom. The van der Waals surface area contributed by atoms with Crippen LogP contribution < -0.4 is 30.5 Å². The average Bonchev–Trinajstić information content (AvgIpc) is 3.34. The van der Waals surface area contributed by atoms with Crippen molar-refractivity contribution < 1.29 is 0 Å². The molecule has 0 saturated carbocycles. The summed E-state index contributed by atoms with van der Waals surface area (Å²) in [4.78, 5) is 4.85. The summed E-state index contributed by atoms with van der Waals surface area (Å²) in [5.41, 5.74) is 11.7. The highest BCUT2D eigenvalue weighted by Gasteiger charge is 2.48. The number of para-hydroxylation sites is 2. The number of fused-ring (bicyclic) bond motifs is 3. The van der Waals surface area contributed by atoms with Gasteiger partial charge in [-0.2, -0.15) is 0 Å². The highest BCUT2D eigenvalue weighted by Crippen LogP contribution is 2.41. The lowest BCUT2D eigenvalue weighted by molar-refractivity contribution is 1.28.